The van der Waals surface area contributed by atoms with E-state index in [4.69, 9.17) is 0 Å². The molecule has 2 heteroatoms. The van der Waals surface area contributed by atoms with Crippen LogP contribution in [-0.2, 0) is 4.79 Å². The van der Waals surface area contributed by atoms with Crippen molar-refractivity contribution in [2.24, 2.45) is 5.92 Å². The van der Waals surface area contributed by atoms with Gasteiger partial charge in [-0.3, -0.25) is 4.79 Å². The van der Waals surface area contributed by atoms with Gasteiger partial charge in [-0.25, -0.2) is 0 Å². The second-order valence-electron chi connectivity index (χ2n) is 2.44. The maximum Gasteiger partial charge on any atom is 0.192 e. The Morgan fingerprint density at radius 2 is 2.00 bits per heavy atom. The molecule has 0 amide bonds. The zero-order valence-electron chi connectivity index (χ0n) is 5.43. The molecule has 1 radical (unpaired) electrons. The third-order valence-electron chi connectivity index (χ3n) is 1.83. The fourth-order valence-corrected chi connectivity index (χ4v) is 1.75. The number of carbonyl (C=O) groups excluding carboxylic acids is 1. The van der Waals surface area contributed by atoms with Crippen molar-refractivity contribution in [1.82, 2.24) is 0 Å². The highest BCUT2D eigenvalue weighted by Gasteiger charge is 2.21. The summed E-state index contributed by atoms with van der Waals surface area (Å²) < 4.78 is 0. The summed E-state index contributed by atoms with van der Waals surface area (Å²) in [5, 5.41) is 0.285. The maximum atomic E-state index is 10.9. The topological polar surface area (TPSA) is 17.1 Å². The molecule has 1 nitrogen and oxygen atoms in total. The molecule has 0 aromatic heterocycles. The number of rotatable bonds is 1. The van der Waals surface area contributed by atoms with Gasteiger partial charge in [-0.2, -0.15) is 0 Å². The smallest absolute Gasteiger partial charge is 0.192 e. The van der Waals surface area contributed by atoms with Crippen LogP contribution in [0.1, 0.15) is 25.7 Å². The molecule has 0 heterocycles. The lowest BCUT2D eigenvalue weighted by Crippen LogP contribution is -2.03. The summed E-state index contributed by atoms with van der Waals surface area (Å²) in [7, 11) is 0. The second-order valence-corrected chi connectivity index (χ2v) is 3.14. The zero-order valence-corrected chi connectivity index (χ0v) is 6.25. The highest BCUT2D eigenvalue weighted by molar-refractivity contribution is 8.14. The predicted molar refractivity (Wildman–Crippen MR) is 39.9 cm³/mol. The SMILES string of the molecule is [CH2]SC(=O)C1CCCC1. The summed E-state index contributed by atoms with van der Waals surface area (Å²) in [5.74, 6) is 0.340. The molecule has 0 aromatic carbocycles. The lowest BCUT2D eigenvalue weighted by Gasteiger charge is -2.01. The van der Waals surface area contributed by atoms with Crippen molar-refractivity contribution in [2.45, 2.75) is 25.7 Å². The summed E-state index contributed by atoms with van der Waals surface area (Å²) in [6.07, 6.45) is 8.16. The minimum absolute atomic E-state index is 0.285. The van der Waals surface area contributed by atoms with E-state index in [1.807, 2.05) is 0 Å². The molecule has 51 valence electrons. The first-order valence-electron chi connectivity index (χ1n) is 3.30. The molecule has 1 saturated carbocycles. The molecule has 0 atom stereocenters. The Kier molecular flexibility index (Phi) is 2.58. The van der Waals surface area contributed by atoms with Crippen LogP contribution >= 0.6 is 11.8 Å². The Morgan fingerprint density at radius 1 is 1.44 bits per heavy atom. The van der Waals surface area contributed by atoms with Crippen LogP contribution in [0.3, 0.4) is 0 Å². The van der Waals surface area contributed by atoms with Gasteiger partial charge in [0.05, 0.1) is 0 Å². The van der Waals surface area contributed by atoms with Gasteiger partial charge in [0, 0.05) is 12.2 Å². The van der Waals surface area contributed by atoms with Crippen LogP contribution in [0.15, 0.2) is 0 Å². The van der Waals surface area contributed by atoms with Crippen LogP contribution in [-0.4, -0.2) is 5.12 Å². The lowest BCUT2D eigenvalue weighted by atomic mass is 10.1. The fourth-order valence-electron chi connectivity index (χ4n) is 1.28. The van der Waals surface area contributed by atoms with Crippen molar-refractivity contribution in [3.63, 3.8) is 0 Å². The molecular formula is C7H11OS. The van der Waals surface area contributed by atoms with Crippen molar-refractivity contribution in [2.75, 3.05) is 0 Å². The molecular weight excluding hydrogens is 132 g/mol. The summed E-state index contributed by atoms with van der Waals surface area (Å²) >= 11 is 1.13. The first kappa shape index (κ1) is 7.13. The monoisotopic (exact) mass is 143 g/mol. The zero-order chi connectivity index (χ0) is 6.69. The summed E-state index contributed by atoms with van der Waals surface area (Å²) in [4.78, 5) is 10.9. The molecule has 1 rings (SSSR count). The van der Waals surface area contributed by atoms with Crippen LogP contribution in [0, 0.1) is 12.2 Å². The van der Waals surface area contributed by atoms with Gasteiger partial charge < -0.3 is 0 Å². The molecule has 0 spiro atoms. The Bertz CT molecular complexity index is 105. The summed E-state index contributed by atoms with van der Waals surface area (Å²) in [5.41, 5.74) is 0. The Morgan fingerprint density at radius 3 is 2.44 bits per heavy atom. The van der Waals surface area contributed by atoms with E-state index in [0.29, 0.717) is 5.92 Å². The van der Waals surface area contributed by atoms with E-state index in [1.54, 1.807) is 0 Å². The Hall–Kier alpha value is 0.0200. The predicted octanol–water partition coefficient (Wildman–Crippen LogP) is 2.23. The lowest BCUT2D eigenvalue weighted by molar-refractivity contribution is -0.114. The first-order valence-corrected chi connectivity index (χ1v) is 4.29. The van der Waals surface area contributed by atoms with Crippen molar-refractivity contribution in [1.29, 1.82) is 0 Å². The van der Waals surface area contributed by atoms with Gasteiger partial charge in [0.1, 0.15) is 0 Å². The van der Waals surface area contributed by atoms with E-state index in [2.05, 4.69) is 6.26 Å². The van der Waals surface area contributed by atoms with Gasteiger partial charge in [0.15, 0.2) is 5.12 Å². The van der Waals surface area contributed by atoms with Gasteiger partial charge in [0.2, 0.25) is 0 Å². The second kappa shape index (κ2) is 3.25. The van der Waals surface area contributed by atoms with E-state index in [0.717, 1.165) is 24.6 Å². The highest BCUT2D eigenvalue weighted by Crippen LogP contribution is 2.28. The molecule has 0 saturated heterocycles. The standard InChI is InChI=1S/C7H11OS/c1-9-7(8)6-4-2-3-5-6/h6H,1-5H2. The van der Waals surface area contributed by atoms with Crippen LogP contribution in [0.5, 0.6) is 0 Å². The van der Waals surface area contributed by atoms with Crippen LogP contribution in [0.25, 0.3) is 0 Å². The average Bonchev–Trinajstić information content (AvgIpc) is 2.37. The van der Waals surface area contributed by atoms with E-state index in [9.17, 15) is 4.79 Å². The number of carbonyl (C=O) groups is 1. The molecule has 9 heavy (non-hydrogen) atoms. The minimum Gasteiger partial charge on any atom is -0.287 e. The molecule has 0 aromatic rings. The van der Waals surface area contributed by atoms with Crippen LogP contribution < -0.4 is 0 Å². The van der Waals surface area contributed by atoms with Crippen molar-refractivity contribution >= 4 is 16.9 Å². The summed E-state index contributed by atoms with van der Waals surface area (Å²) in [6, 6.07) is 0. The number of hydrogen-bond donors (Lipinski definition) is 0. The first-order chi connectivity index (χ1) is 4.34. The van der Waals surface area contributed by atoms with Gasteiger partial charge in [-0.15, -0.1) is 0 Å². The normalized spacial score (nSPS) is 20.6. The maximum absolute atomic E-state index is 10.9. The number of hydrogen-bond acceptors (Lipinski definition) is 2. The largest absolute Gasteiger partial charge is 0.287 e. The van der Waals surface area contributed by atoms with Crippen LogP contribution in [0.4, 0.5) is 0 Å². The van der Waals surface area contributed by atoms with E-state index < -0.39 is 0 Å². The molecule has 0 bridgehead atoms. The van der Waals surface area contributed by atoms with E-state index in [1.165, 1.54) is 12.8 Å². The highest BCUT2D eigenvalue weighted by atomic mass is 32.2. The molecule has 1 fully saturated rings. The quantitative estimate of drug-likeness (QED) is 0.560. The van der Waals surface area contributed by atoms with Gasteiger partial charge in [-0.05, 0) is 12.8 Å². The van der Waals surface area contributed by atoms with Crippen molar-refractivity contribution < 1.29 is 4.79 Å². The van der Waals surface area contributed by atoms with Gasteiger partial charge >= 0.3 is 0 Å². The molecule has 1 aliphatic rings. The summed E-state index contributed by atoms with van der Waals surface area (Å²) in [6.45, 7) is 0. The molecule has 0 N–H and O–H groups in total. The number of thioether (sulfide) groups is 1. The third-order valence-corrected chi connectivity index (χ3v) is 2.45. The van der Waals surface area contributed by atoms with Crippen molar-refractivity contribution in [3.8, 4) is 0 Å². The molecule has 0 unspecified atom stereocenters. The van der Waals surface area contributed by atoms with E-state index >= 15 is 0 Å². The minimum atomic E-state index is 0.285. The van der Waals surface area contributed by atoms with Crippen molar-refractivity contribution in [3.05, 3.63) is 6.26 Å². The third kappa shape index (κ3) is 1.71. The van der Waals surface area contributed by atoms with Gasteiger partial charge in [-0.1, -0.05) is 24.6 Å². The van der Waals surface area contributed by atoms with Crippen LogP contribution in [0.2, 0.25) is 0 Å². The fraction of sp³-hybridized carbons (Fsp3) is 0.714. The van der Waals surface area contributed by atoms with E-state index in [-0.39, 0.29) is 5.12 Å². The van der Waals surface area contributed by atoms with Gasteiger partial charge in [0.25, 0.3) is 0 Å². The Balaban J connectivity index is 2.32. The molecule has 1 aliphatic carbocycles. The molecule has 0 aliphatic heterocycles. The Labute approximate surface area is 60.2 Å². The average molecular weight is 143 g/mol.